The summed E-state index contributed by atoms with van der Waals surface area (Å²) >= 11 is 0. The van der Waals surface area contributed by atoms with Crippen LogP contribution in [0, 0.1) is 5.41 Å². The molecule has 1 aromatic carbocycles. The Morgan fingerprint density at radius 2 is 2.14 bits per heavy atom. The molecule has 1 rings (SSSR count). The maximum atomic E-state index is 10.7. The van der Waals surface area contributed by atoms with Crippen molar-refractivity contribution in [1.82, 2.24) is 5.32 Å². The van der Waals surface area contributed by atoms with Gasteiger partial charge in [-0.15, -0.1) is 0 Å². The van der Waals surface area contributed by atoms with E-state index in [4.69, 9.17) is 10.1 Å². The van der Waals surface area contributed by atoms with Crippen LogP contribution in [0.15, 0.2) is 24.3 Å². The predicted octanol–water partition coefficient (Wildman–Crippen LogP) is 0.961. The van der Waals surface area contributed by atoms with Crippen molar-refractivity contribution in [2.75, 3.05) is 7.11 Å². The third kappa shape index (κ3) is 2.90. The summed E-state index contributed by atoms with van der Waals surface area (Å²) in [6.45, 7) is 0.429. The second-order valence-corrected chi connectivity index (χ2v) is 2.71. The molecule has 0 aromatic heterocycles. The van der Waals surface area contributed by atoms with Crippen molar-refractivity contribution in [2.24, 2.45) is 0 Å². The van der Waals surface area contributed by atoms with E-state index in [1.165, 1.54) is 0 Å². The molecule has 1 aromatic rings. The molecule has 2 N–H and O–H groups in total. The van der Waals surface area contributed by atoms with Crippen LogP contribution >= 0.6 is 0 Å². The van der Waals surface area contributed by atoms with Crippen LogP contribution in [0.25, 0.3) is 0 Å². The molecule has 0 unspecified atom stereocenters. The van der Waals surface area contributed by atoms with Crippen LogP contribution < -0.4 is 10.1 Å². The lowest BCUT2D eigenvalue weighted by molar-refractivity contribution is -0.114. The highest BCUT2D eigenvalue weighted by Crippen LogP contribution is 2.10. The van der Waals surface area contributed by atoms with E-state index < -0.39 is 0 Å². The minimum absolute atomic E-state index is 0.388. The molecule has 0 saturated heterocycles. The van der Waals surface area contributed by atoms with Gasteiger partial charge >= 0.3 is 0 Å². The Balaban J connectivity index is 2.51. The number of carbonyl (C=O) groups is 1. The van der Waals surface area contributed by atoms with Crippen LogP contribution in [0.2, 0.25) is 0 Å². The van der Waals surface area contributed by atoms with Gasteiger partial charge in [-0.25, -0.2) is 0 Å². The van der Waals surface area contributed by atoms with Crippen molar-refractivity contribution in [3.63, 3.8) is 0 Å². The molecule has 0 bridgehead atoms. The van der Waals surface area contributed by atoms with Gasteiger partial charge in [-0.2, -0.15) is 0 Å². The zero-order valence-corrected chi connectivity index (χ0v) is 7.91. The number of hydrogen-bond donors (Lipinski definition) is 2. The van der Waals surface area contributed by atoms with Crippen molar-refractivity contribution in [2.45, 2.75) is 6.54 Å². The first kappa shape index (κ1) is 10.2. The van der Waals surface area contributed by atoms with E-state index in [-0.39, 0.29) is 5.91 Å². The highest BCUT2D eigenvalue weighted by Gasteiger charge is 1.96. The summed E-state index contributed by atoms with van der Waals surface area (Å²) in [6.07, 6.45) is 0.753. The third-order valence-corrected chi connectivity index (χ3v) is 1.76. The minimum atomic E-state index is -0.388. The lowest BCUT2D eigenvalue weighted by Crippen LogP contribution is -2.23. The zero-order valence-electron chi connectivity index (χ0n) is 7.91. The molecular weight excluding hydrogens is 180 g/mol. The van der Waals surface area contributed by atoms with Gasteiger partial charge < -0.3 is 15.5 Å². The van der Waals surface area contributed by atoms with Gasteiger partial charge in [-0.05, 0) is 17.7 Å². The molecule has 4 heteroatoms. The second kappa shape index (κ2) is 5.01. The molecule has 0 spiro atoms. The molecule has 0 heterocycles. The van der Waals surface area contributed by atoms with Gasteiger partial charge in [0.2, 0.25) is 0 Å². The molecule has 1 amide bonds. The molecular formula is C10H12N2O2. The molecule has 0 saturated carbocycles. The Hall–Kier alpha value is -1.84. The van der Waals surface area contributed by atoms with Gasteiger partial charge in [0, 0.05) is 6.54 Å². The number of nitrogens with one attached hydrogen (secondary N) is 2. The summed E-state index contributed by atoms with van der Waals surface area (Å²) in [5.41, 5.74) is 0.973. The zero-order chi connectivity index (χ0) is 10.4. The summed E-state index contributed by atoms with van der Waals surface area (Å²) < 4.78 is 4.99. The van der Waals surface area contributed by atoms with E-state index in [0.29, 0.717) is 6.54 Å². The summed E-state index contributed by atoms with van der Waals surface area (Å²) in [7, 11) is 1.60. The first-order valence-corrected chi connectivity index (χ1v) is 4.17. The number of methoxy groups -OCH3 is 1. The Morgan fingerprint density at radius 1 is 1.50 bits per heavy atom. The van der Waals surface area contributed by atoms with Crippen LogP contribution in [0.4, 0.5) is 0 Å². The minimum Gasteiger partial charge on any atom is -0.497 e. The molecule has 0 radical (unpaired) electrons. The SMILES string of the molecule is COc1ccc(CNC(=O)C=N)cc1. The van der Waals surface area contributed by atoms with Crippen molar-refractivity contribution < 1.29 is 9.53 Å². The Kier molecular flexibility index (Phi) is 3.67. The van der Waals surface area contributed by atoms with Crippen molar-refractivity contribution in [3.05, 3.63) is 29.8 Å². The quantitative estimate of drug-likeness (QED) is 0.698. The fraction of sp³-hybridized carbons (Fsp3) is 0.200. The number of benzene rings is 1. The van der Waals surface area contributed by atoms with Crippen molar-refractivity contribution in [1.29, 1.82) is 5.41 Å². The van der Waals surface area contributed by atoms with Crippen LogP contribution in [-0.4, -0.2) is 19.2 Å². The molecule has 4 nitrogen and oxygen atoms in total. The average Bonchev–Trinajstić information content (AvgIpc) is 2.26. The van der Waals surface area contributed by atoms with Crippen LogP contribution in [-0.2, 0) is 11.3 Å². The highest BCUT2D eigenvalue weighted by molar-refractivity contribution is 6.24. The molecule has 14 heavy (non-hydrogen) atoms. The van der Waals surface area contributed by atoms with Gasteiger partial charge in [-0.1, -0.05) is 12.1 Å². The van der Waals surface area contributed by atoms with E-state index in [9.17, 15) is 4.79 Å². The molecule has 0 atom stereocenters. The lowest BCUT2D eigenvalue weighted by atomic mass is 10.2. The van der Waals surface area contributed by atoms with Gasteiger partial charge in [0.25, 0.3) is 5.91 Å². The Morgan fingerprint density at radius 3 is 2.64 bits per heavy atom. The summed E-state index contributed by atoms with van der Waals surface area (Å²) in [4.78, 5) is 10.7. The van der Waals surface area contributed by atoms with E-state index in [2.05, 4.69) is 5.32 Å². The summed E-state index contributed by atoms with van der Waals surface area (Å²) in [5.74, 6) is 0.396. The number of ether oxygens (including phenoxy) is 1. The number of rotatable bonds is 4. The topological polar surface area (TPSA) is 62.2 Å². The predicted molar refractivity (Wildman–Crippen MR) is 53.6 cm³/mol. The highest BCUT2D eigenvalue weighted by atomic mass is 16.5. The second-order valence-electron chi connectivity index (χ2n) is 2.71. The molecule has 0 fully saturated rings. The van der Waals surface area contributed by atoms with Crippen LogP contribution in [0.3, 0.4) is 0 Å². The van der Waals surface area contributed by atoms with Crippen molar-refractivity contribution in [3.8, 4) is 5.75 Å². The summed E-state index contributed by atoms with van der Waals surface area (Å²) in [6, 6.07) is 7.38. The number of amides is 1. The number of hydrogen-bond acceptors (Lipinski definition) is 3. The fourth-order valence-electron chi connectivity index (χ4n) is 0.984. The van der Waals surface area contributed by atoms with E-state index in [1.54, 1.807) is 7.11 Å². The van der Waals surface area contributed by atoms with Gasteiger partial charge in [0.05, 0.1) is 13.3 Å². The van der Waals surface area contributed by atoms with Crippen LogP contribution in [0.1, 0.15) is 5.56 Å². The third-order valence-electron chi connectivity index (χ3n) is 1.76. The normalized spacial score (nSPS) is 9.21. The van der Waals surface area contributed by atoms with Gasteiger partial charge in [0.15, 0.2) is 0 Å². The van der Waals surface area contributed by atoms with Gasteiger partial charge in [-0.3, -0.25) is 4.79 Å². The standard InChI is InChI=1S/C10H12N2O2/c1-14-9-4-2-8(3-5-9)7-12-10(13)6-11/h2-6,11H,7H2,1H3,(H,12,13). The van der Waals surface area contributed by atoms with E-state index in [1.807, 2.05) is 24.3 Å². The van der Waals surface area contributed by atoms with E-state index >= 15 is 0 Å². The summed E-state index contributed by atoms with van der Waals surface area (Å²) in [5, 5.41) is 9.24. The first-order chi connectivity index (χ1) is 6.76. The Labute approximate surface area is 82.4 Å². The average molecular weight is 192 g/mol. The maximum absolute atomic E-state index is 10.7. The van der Waals surface area contributed by atoms with E-state index in [0.717, 1.165) is 17.5 Å². The molecule has 74 valence electrons. The smallest absolute Gasteiger partial charge is 0.261 e. The monoisotopic (exact) mass is 192 g/mol. The molecule has 0 aliphatic heterocycles. The van der Waals surface area contributed by atoms with Crippen LogP contribution in [0.5, 0.6) is 5.75 Å². The fourth-order valence-corrected chi connectivity index (χ4v) is 0.984. The Bertz CT molecular complexity index is 319. The van der Waals surface area contributed by atoms with Crippen molar-refractivity contribution >= 4 is 12.1 Å². The molecule has 0 aliphatic rings. The lowest BCUT2D eigenvalue weighted by Gasteiger charge is -2.03. The van der Waals surface area contributed by atoms with Gasteiger partial charge in [0.1, 0.15) is 5.75 Å². The first-order valence-electron chi connectivity index (χ1n) is 4.17. The maximum Gasteiger partial charge on any atom is 0.261 e. The number of carbonyl (C=O) groups excluding carboxylic acids is 1. The largest absolute Gasteiger partial charge is 0.497 e. The molecule has 0 aliphatic carbocycles.